The highest BCUT2D eigenvalue weighted by molar-refractivity contribution is 4.69. The first-order valence-corrected chi connectivity index (χ1v) is 5.46. The zero-order valence-corrected chi connectivity index (χ0v) is 8.81. The molecule has 0 fully saturated rings. The van der Waals surface area contributed by atoms with E-state index < -0.39 is 0 Å². The number of rotatable bonds is 8. The number of allylic oxidation sites excluding steroid dienone is 1. The molecule has 1 unspecified atom stereocenters. The molecular formula is C12H24. The van der Waals surface area contributed by atoms with E-state index in [0.29, 0.717) is 0 Å². The molecule has 0 aromatic heterocycles. The van der Waals surface area contributed by atoms with Gasteiger partial charge in [-0.3, -0.25) is 0 Å². The van der Waals surface area contributed by atoms with E-state index in [1.807, 2.05) is 0 Å². The third-order valence-electron chi connectivity index (χ3n) is 2.44. The Kier molecular flexibility index (Phi) is 8.64. The van der Waals surface area contributed by atoms with Crippen molar-refractivity contribution in [3.05, 3.63) is 12.7 Å². The monoisotopic (exact) mass is 168 g/mol. The van der Waals surface area contributed by atoms with E-state index in [0.717, 1.165) is 5.92 Å². The third-order valence-corrected chi connectivity index (χ3v) is 2.44. The lowest BCUT2D eigenvalue weighted by atomic mass is 9.92. The summed E-state index contributed by atoms with van der Waals surface area (Å²) in [5.41, 5.74) is 0. The van der Waals surface area contributed by atoms with Crippen LogP contribution in [0.2, 0.25) is 0 Å². The van der Waals surface area contributed by atoms with Gasteiger partial charge in [-0.1, -0.05) is 52.0 Å². The van der Waals surface area contributed by atoms with Gasteiger partial charge in [0, 0.05) is 0 Å². The summed E-state index contributed by atoms with van der Waals surface area (Å²) in [6.07, 6.45) is 11.5. The minimum absolute atomic E-state index is 0.966. The fourth-order valence-electron chi connectivity index (χ4n) is 1.69. The first-order valence-electron chi connectivity index (χ1n) is 5.46. The standard InChI is InChI=1S/C12H24/c1-4-7-10-12(9-6-3)11-8-5-2/h4,12H,1,5-11H2,2-3H3. The maximum atomic E-state index is 3.77. The molecule has 72 valence electrons. The van der Waals surface area contributed by atoms with Crippen molar-refractivity contribution in [2.75, 3.05) is 0 Å². The van der Waals surface area contributed by atoms with E-state index in [-0.39, 0.29) is 0 Å². The Morgan fingerprint density at radius 3 is 2.33 bits per heavy atom. The van der Waals surface area contributed by atoms with Gasteiger partial charge in [0.2, 0.25) is 0 Å². The summed E-state index contributed by atoms with van der Waals surface area (Å²) in [6, 6.07) is 0. The molecule has 0 heterocycles. The molecule has 0 bridgehead atoms. The average Bonchev–Trinajstić information content (AvgIpc) is 2.10. The lowest BCUT2D eigenvalue weighted by Gasteiger charge is -2.13. The molecule has 0 amide bonds. The van der Waals surface area contributed by atoms with Crippen LogP contribution in [0.3, 0.4) is 0 Å². The van der Waals surface area contributed by atoms with Crippen molar-refractivity contribution in [2.45, 2.75) is 58.8 Å². The van der Waals surface area contributed by atoms with E-state index in [1.54, 1.807) is 0 Å². The topological polar surface area (TPSA) is 0 Å². The normalized spacial score (nSPS) is 12.8. The van der Waals surface area contributed by atoms with Crippen molar-refractivity contribution in [1.82, 2.24) is 0 Å². The highest BCUT2D eigenvalue weighted by Gasteiger charge is 2.05. The average molecular weight is 168 g/mol. The van der Waals surface area contributed by atoms with Gasteiger partial charge in [0.15, 0.2) is 0 Å². The predicted molar refractivity (Wildman–Crippen MR) is 57.4 cm³/mol. The van der Waals surface area contributed by atoms with Crippen molar-refractivity contribution in [3.63, 3.8) is 0 Å². The van der Waals surface area contributed by atoms with Crippen LogP contribution in [-0.4, -0.2) is 0 Å². The molecule has 0 nitrogen and oxygen atoms in total. The van der Waals surface area contributed by atoms with Gasteiger partial charge >= 0.3 is 0 Å². The van der Waals surface area contributed by atoms with E-state index in [1.165, 1.54) is 44.9 Å². The largest absolute Gasteiger partial charge is 0.103 e. The fourth-order valence-corrected chi connectivity index (χ4v) is 1.69. The zero-order chi connectivity index (χ0) is 9.23. The summed E-state index contributed by atoms with van der Waals surface area (Å²) in [7, 11) is 0. The molecule has 12 heavy (non-hydrogen) atoms. The second-order valence-corrected chi connectivity index (χ2v) is 3.66. The van der Waals surface area contributed by atoms with Crippen molar-refractivity contribution in [2.24, 2.45) is 5.92 Å². The highest BCUT2D eigenvalue weighted by Crippen LogP contribution is 2.20. The molecular weight excluding hydrogens is 144 g/mol. The molecule has 0 radical (unpaired) electrons. The van der Waals surface area contributed by atoms with Gasteiger partial charge in [-0.05, 0) is 18.8 Å². The van der Waals surface area contributed by atoms with Gasteiger partial charge < -0.3 is 0 Å². The SMILES string of the molecule is C=CCCC(CCC)CCCC. The quantitative estimate of drug-likeness (QED) is 0.466. The lowest BCUT2D eigenvalue weighted by molar-refractivity contribution is 0.405. The van der Waals surface area contributed by atoms with Crippen molar-refractivity contribution >= 4 is 0 Å². The summed E-state index contributed by atoms with van der Waals surface area (Å²) >= 11 is 0. The van der Waals surface area contributed by atoms with Crippen LogP contribution in [0, 0.1) is 5.92 Å². The van der Waals surface area contributed by atoms with E-state index in [9.17, 15) is 0 Å². The Morgan fingerprint density at radius 2 is 1.83 bits per heavy atom. The van der Waals surface area contributed by atoms with Crippen LogP contribution in [0.5, 0.6) is 0 Å². The molecule has 1 atom stereocenters. The predicted octanol–water partition coefficient (Wildman–Crippen LogP) is 4.56. The second-order valence-electron chi connectivity index (χ2n) is 3.66. The summed E-state index contributed by atoms with van der Waals surface area (Å²) in [5, 5.41) is 0. The van der Waals surface area contributed by atoms with Gasteiger partial charge in [0.05, 0.1) is 0 Å². The van der Waals surface area contributed by atoms with E-state index >= 15 is 0 Å². The number of hydrogen-bond donors (Lipinski definition) is 0. The second kappa shape index (κ2) is 8.83. The lowest BCUT2D eigenvalue weighted by Crippen LogP contribution is -1.99. The number of unbranched alkanes of at least 4 members (excludes halogenated alkanes) is 1. The molecule has 0 saturated heterocycles. The Bertz CT molecular complexity index is 94.2. The zero-order valence-electron chi connectivity index (χ0n) is 8.81. The molecule has 0 aliphatic carbocycles. The highest BCUT2D eigenvalue weighted by atomic mass is 14.1. The van der Waals surface area contributed by atoms with Gasteiger partial charge in [0.1, 0.15) is 0 Å². The van der Waals surface area contributed by atoms with Gasteiger partial charge in [-0.2, -0.15) is 0 Å². The molecule has 0 aromatic carbocycles. The van der Waals surface area contributed by atoms with Crippen molar-refractivity contribution < 1.29 is 0 Å². The third kappa shape index (κ3) is 6.45. The Labute approximate surface area is 78.1 Å². The molecule has 0 N–H and O–H groups in total. The van der Waals surface area contributed by atoms with Crippen LogP contribution in [0.4, 0.5) is 0 Å². The summed E-state index contributed by atoms with van der Waals surface area (Å²) in [4.78, 5) is 0. The maximum Gasteiger partial charge on any atom is -0.0351 e. The summed E-state index contributed by atoms with van der Waals surface area (Å²) in [5.74, 6) is 0.966. The summed E-state index contributed by atoms with van der Waals surface area (Å²) < 4.78 is 0. The van der Waals surface area contributed by atoms with Gasteiger partial charge in [-0.15, -0.1) is 6.58 Å². The van der Waals surface area contributed by atoms with Crippen LogP contribution in [0.1, 0.15) is 58.8 Å². The Balaban J connectivity index is 3.46. The maximum absolute atomic E-state index is 3.77. The van der Waals surface area contributed by atoms with E-state index in [4.69, 9.17) is 0 Å². The molecule has 0 aliphatic heterocycles. The van der Waals surface area contributed by atoms with Crippen LogP contribution in [-0.2, 0) is 0 Å². The van der Waals surface area contributed by atoms with Crippen LogP contribution in [0.15, 0.2) is 12.7 Å². The minimum Gasteiger partial charge on any atom is -0.103 e. The van der Waals surface area contributed by atoms with Crippen LogP contribution in [0.25, 0.3) is 0 Å². The first kappa shape index (κ1) is 11.7. The van der Waals surface area contributed by atoms with Crippen molar-refractivity contribution in [1.29, 1.82) is 0 Å². The van der Waals surface area contributed by atoms with Crippen LogP contribution < -0.4 is 0 Å². The first-order chi connectivity index (χ1) is 5.85. The molecule has 0 aliphatic rings. The fraction of sp³-hybridized carbons (Fsp3) is 0.833. The molecule has 0 spiro atoms. The smallest absolute Gasteiger partial charge is 0.0351 e. The minimum atomic E-state index is 0.966. The summed E-state index contributed by atoms with van der Waals surface area (Å²) in [6.45, 7) is 8.33. The molecule has 0 heteroatoms. The molecule has 0 saturated carbocycles. The molecule has 0 aromatic rings. The van der Waals surface area contributed by atoms with Gasteiger partial charge in [-0.25, -0.2) is 0 Å². The number of hydrogen-bond acceptors (Lipinski definition) is 0. The van der Waals surface area contributed by atoms with Crippen LogP contribution >= 0.6 is 0 Å². The molecule has 0 rings (SSSR count). The Hall–Kier alpha value is -0.260. The van der Waals surface area contributed by atoms with Gasteiger partial charge in [0.25, 0.3) is 0 Å². The Morgan fingerprint density at radius 1 is 1.08 bits per heavy atom. The van der Waals surface area contributed by atoms with E-state index in [2.05, 4.69) is 26.5 Å². The van der Waals surface area contributed by atoms with Crippen molar-refractivity contribution in [3.8, 4) is 0 Å².